The topological polar surface area (TPSA) is 109 Å². The predicted octanol–water partition coefficient (Wildman–Crippen LogP) is 6.34. The van der Waals surface area contributed by atoms with Gasteiger partial charge >= 0.3 is 19.2 Å². The number of hydrogen-bond acceptors (Lipinski definition) is 10. The van der Waals surface area contributed by atoms with E-state index in [9.17, 15) is 14.4 Å². The summed E-state index contributed by atoms with van der Waals surface area (Å²) in [6.07, 6.45) is 6.47. The molecule has 44 heavy (non-hydrogen) atoms. The lowest BCUT2D eigenvalue weighted by atomic mass is 9.43. The molecule has 3 aliphatic carbocycles. The maximum absolute atomic E-state index is 13.5. The number of carbonyl (C=O) groups is 3. The largest absolute Gasteiger partial charge is 0.514 e. The summed E-state index contributed by atoms with van der Waals surface area (Å²) in [7, 11) is -0.722. The number of nitrogens with one attached hydrogen (secondary N) is 1. The maximum Gasteiger partial charge on any atom is 0.514 e. The first-order chi connectivity index (χ1) is 20.6. The van der Waals surface area contributed by atoms with Gasteiger partial charge in [0.2, 0.25) is 5.91 Å². The van der Waals surface area contributed by atoms with Crippen LogP contribution in [0.25, 0.3) is 0 Å². The SMILES string of the molecule is CCCCOC(=O)c1c(SC)ccc(C[C@H](NC(=O)CSC)B2OC3CC4CC(C4(C)C)[C@]3(C)O2)c1OC(=O)OC(C)(C)C. The fourth-order valence-corrected chi connectivity index (χ4v) is 7.82. The van der Waals surface area contributed by atoms with Crippen LogP contribution in [0.5, 0.6) is 5.75 Å². The molecule has 3 unspecified atom stereocenters. The van der Waals surface area contributed by atoms with Crippen LogP contribution in [0, 0.1) is 17.3 Å². The van der Waals surface area contributed by atoms with Crippen molar-refractivity contribution in [1.29, 1.82) is 0 Å². The fourth-order valence-electron chi connectivity index (χ4n) is 6.89. The molecule has 244 valence electrons. The Balaban J connectivity index is 1.71. The van der Waals surface area contributed by atoms with Gasteiger partial charge in [0.25, 0.3) is 0 Å². The number of carbonyl (C=O) groups excluding carboxylic acids is 3. The number of thioether (sulfide) groups is 2. The Morgan fingerprint density at radius 2 is 1.89 bits per heavy atom. The first kappa shape index (κ1) is 35.0. The third kappa shape index (κ3) is 7.39. The van der Waals surface area contributed by atoms with Crippen LogP contribution in [-0.2, 0) is 30.0 Å². The van der Waals surface area contributed by atoms with E-state index in [1.54, 1.807) is 20.8 Å². The van der Waals surface area contributed by atoms with Gasteiger partial charge in [0, 0.05) is 4.90 Å². The van der Waals surface area contributed by atoms with E-state index in [0.717, 1.165) is 19.3 Å². The Bertz CT molecular complexity index is 1240. The van der Waals surface area contributed by atoms with Crippen molar-refractivity contribution >= 4 is 48.7 Å². The van der Waals surface area contributed by atoms with Crippen LogP contribution in [0.4, 0.5) is 4.79 Å². The smallest absolute Gasteiger partial charge is 0.462 e. The molecule has 5 atom stereocenters. The van der Waals surface area contributed by atoms with Gasteiger partial charge in [-0.1, -0.05) is 33.3 Å². The molecule has 4 aliphatic rings. The van der Waals surface area contributed by atoms with E-state index < -0.39 is 36.4 Å². The van der Waals surface area contributed by atoms with Gasteiger partial charge in [0.15, 0.2) is 5.75 Å². The van der Waals surface area contributed by atoms with Gasteiger partial charge in [-0.3, -0.25) is 4.79 Å². The lowest BCUT2D eigenvalue weighted by Gasteiger charge is -2.64. The summed E-state index contributed by atoms with van der Waals surface area (Å²) in [6, 6.07) is 3.62. The second-order valence-electron chi connectivity index (χ2n) is 13.8. The zero-order chi connectivity index (χ0) is 32.4. The molecule has 1 aliphatic heterocycles. The van der Waals surface area contributed by atoms with Crippen molar-refractivity contribution in [2.45, 2.75) is 109 Å². The van der Waals surface area contributed by atoms with E-state index in [4.69, 9.17) is 23.5 Å². The number of ether oxygens (including phenoxy) is 3. The van der Waals surface area contributed by atoms with Crippen molar-refractivity contribution in [3.8, 4) is 5.75 Å². The minimum absolute atomic E-state index is 0.0572. The molecule has 3 saturated carbocycles. The molecule has 0 aromatic heterocycles. The zero-order valence-electron chi connectivity index (χ0n) is 27.6. The number of esters is 1. The van der Waals surface area contributed by atoms with Crippen LogP contribution in [0.2, 0.25) is 0 Å². The molecular formula is C32H48BNO8S2. The number of rotatable bonds is 12. The summed E-state index contributed by atoms with van der Waals surface area (Å²) in [6.45, 7) is 14.2. The average Bonchev–Trinajstić information content (AvgIpc) is 3.29. The third-order valence-corrected chi connectivity index (χ3v) is 10.6. The van der Waals surface area contributed by atoms with Crippen molar-refractivity contribution in [3.05, 3.63) is 23.3 Å². The molecule has 1 aromatic carbocycles. The summed E-state index contributed by atoms with van der Waals surface area (Å²) >= 11 is 2.77. The Morgan fingerprint density at radius 1 is 1.16 bits per heavy atom. The molecule has 2 bridgehead atoms. The molecular weight excluding hydrogens is 601 g/mol. The Labute approximate surface area is 271 Å². The lowest BCUT2D eigenvalue weighted by molar-refractivity contribution is -0.199. The van der Waals surface area contributed by atoms with Gasteiger partial charge in [-0.25, -0.2) is 9.59 Å². The highest BCUT2D eigenvalue weighted by molar-refractivity contribution is 7.99. The standard InChI is InChI=1S/C32H48BNO8S2/c1-10-11-14-38-28(36)26-21(44-9)13-12-19(27(26)39-29(37)40-30(2,3)4)15-24(34-25(35)18-43-8)33-41-23-17-20-16-22(31(20,5)6)32(23,7)42-33/h12-13,20,22-24H,10-11,14-18H2,1-9H3,(H,34,35)/t20?,22?,23?,24-,32-/m0/s1. The highest BCUT2D eigenvalue weighted by atomic mass is 32.2. The Hall–Kier alpha value is -1.89. The van der Waals surface area contributed by atoms with Crippen molar-refractivity contribution in [2.24, 2.45) is 17.3 Å². The van der Waals surface area contributed by atoms with Crippen molar-refractivity contribution in [3.63, 3.8) is 0 Å². The van der Waals surface area contributed by atoms with E-state index >= 15 is 0 Å². The molecule has 0 spiro atoms. The van der Waals surface area contributed by atoms with Crippen molar-refractivity contribution in [2.75, 3.05) is 24.9 Å². The van der Waals surface area contributed by atoms with Crippen LogP contribution in [0.1, 0.15) is 90.1 Å². The van der Waals surface area contributed by atoms with E-state index in [1.807, 2.05) is 31.6 Å². The highest BCUT2D eigenvalue weighted by Crippen LogP contribution is 2.65. The molecule has 1 amide bonds. The second kappa shape index (κ2) is 13.9. The molecule has 0 radical (unpaired) electrons. The van der Waals surface area contributed by atoms with Crippen LogP contribution in [-0.4, -0.2) is 73.3 Å². The Kier molecular flexibility index (Phi) is 11.0. The van der Waals surface area contributed by atoms with E-state index in [2.05, 4.69) is 26.1 Å². The summed E-state index contributed by atoms with van der Waals surface area (Å²) in [5, 5.41) is 3.12. The first-order valence-corrected chi connectivity index (χ1v) is 18.2. The lowest BCUT2D eigenvalue weighted by Crippen LogP contribution is -2.65. The molecule has 12 heteroatoms. The van der Waals surface area contributed by atoms with Crippen LogP contribution >= 0.6 is 23.5 Å². The van der Waals surface area contributed by atoms with Gasteiger partial charge in [0.05, 0.1) is 30.0 Å². The number of hydrogen-bond donors (Lipinski definition) is 1. The molecule has 1 saturated heterocycles. The van der Waals surface area contributed by atoms with Gasteiger partial charge in [-0.15, -0.1) is 11.8 Å². The quantitative estimate of drug-likeness (QED) is 0.0906. The summed E-state index contributed by atoms with van der Waals surface area (Å²) in [4.78, 5) is 40.1. The first-order valence-electron chi connectivity index (χ1n) is 15.5. The normalized spacial score (nSPS) is 25.8. The van der Waals surface area contributed by atoms with Crippen molar-refractivity contribution in [1.82, 2.24) is 5.32 Å². The number of benzene rings is 1. The summed E-state index contributed by atoms with van der Waals surface area (Å²) in [5.41, 5.74) is -0.435. The fraction of sp³-hybridized carbons (Fsp3) is 0.719. The van der Waals surface area contributed by atoms with Crippen molar-refractivity contribution < 1.29 is 37.9 Å². The highest BCUT2D eigenvalue weighted by Gasteiger charge is 2.68. The maximum atomic E-state index is 13.5. The van der Waals surface area contributed by atoms with Crippen LogP contribution < -0.4 is 10.1 Å². The zero-order valence-corrected chi connectivity index (χ0v) is 29.2. The van der Waals surface area contributed by atoms with Gasteiger partial charge < -0.3 is 28.8 Å². The third-order valence-electron chi connectivity index (χ3n) is 9.29. The van der Waals surface area contributed by atoms with Gasteiger partial charge in [-0.05, 0) is 94.8 Å². The minimum Gasteiger partial charge on any atom is -0.462 e. The van der Waals surface area contributed by atoms with Crippen LogP contribution in [0.3, 0.4) is 0 Å². The average molecular weight is 650 g/mol. The summed E-state index contributed by atoms with van der Waals surface area (Å²) in [5.74, 6) is -0.101. The number of amides is 1. The summed E-state index contributed by atoms with van der Waals surface area (Å²) < 4.78 is 30.2. The molecule has 4 fully saturated rings. The van der Waals surface area contributed by atoms with E-state index in [0.29, 0.717) is 28.7 Å². The molecule has 1 heterocycles. The number of unbranched alkanes of at least 4 members (excludes halogenated alkanes) is 1. The minimum atomic E-state index is -0.934. The Morgan fingerprint density at radius 3 is 2.50 bits per heavy atom. The van der Waals surface area contributed by atoms with E-state index in [1.165, 1.54) is 23.5 Å². The molecule has 1 aromatic rings. The van der Waals surface area contributed by atoms with Gasteiger partial charge in [-0.2, -0.15) is 11.8 Å². The van der Waals surface area contributed by atoms with Crippen LogP contribution in [0.15, 0.2) is 17.0 Å². The second-order valence-corrected chi connectivity index (χ2v) is 15.5. The molecule has 9 nitrogen and oxygen atoms in total. The predicted molar refractivity (Wildman–Crippen MR) is 174 cm³/mol. The molecule has 5 rings (SSSR count). The van der Waals surface area contributed by atoms with E-state index in [-0.39, 0.29) is 47.5 Å². The molecule has 1 N–H and O–H groups in total. The van der Waals surface area contributed by atoms with Gasteiger partial charge in [0.1, 0.15) is 11.2 Å². The monoisotopic (exact) mass is 649 g/mol.